The molecule has 8 nitrogen and oxygen atoms in total. The lowest BCUT2D eigenvalue weighted by Gasteiger charge is -2.13. The van der Waals surface area contributed by atoms with Crippen molar-refractivity contribution in [1.29, 1.82) is 5.26 Å². The van der Waals surface area contributed by atoms with E-state index in [1.165, 1.54) is 23.9 Å². The molecule has 0 aliphatic heterocycles. The minimum atomic E-state index is -0.309. The molecule has 0 spiro atoms. The number of nitriles is 1. The molecule has 30 heavy (non-hydrogen) atoms. The van der Waals surface area contributed by atoms with Crippen LogP contribution in [0.15, 0.2) is 29.4 Å². The van der Waals surface area contributed by atoms with Gasteiger partial charge < -0.3 is 9.88 Å². The van der Waals surface area contributed by atoms with Crippen LogP contribution in [-0.4, -0.2) is 36.4 Å². The summed E-state index contributed by atoms with van der Waals surface area (Å²) in [4.78, 5) is 12.7. The van der Waals surface area contributed by atoms with Gasteiger partial charge in [0.2, 0.25) is 11.1 Å². The van der Waals surface area contributed by atoms with E-state index in [0.717, 1.165) is 29.7 Å². The van der Waals surface area contributed by atoms with Crippen molar-refractivity contribution in [3.8, 4) is 6.07 Å². The number of tetrazole rings is 1. The van der Waals surface area contributed by atoms with Crippen LogP contribution in [0, 0.1) is 31.0 Å². The van der Waals surface area contributed by atoms with Crippen LogP contribution in [0.1, 0.15) is 41.3 Å². The van der Waals surface area contributed by atoms with E-state index in [9.17, 15) is 14.4 Å². The zero-order chi connectivity index (χ0) is 21.3. The maximum atomic E-state index is 13.2. The number of nitrogens with zero attached hydrogens (tertiary/aromatic N) is 6. The lowest BCUT2D eigenvalue weighted by molar-refractivity contribution is -0.113. The fourth-order valence-corrected chi connectivity index (χ4v) is 3.97. The molecule has 1 N–H and O–H groups in total. The van der Waals surface area contributed by atoms with Crippen molar-refractivity contribution in [2.24, 2.45) is 0 Å². The first-order valence-corrected chi connectivity index (χ1v) is 10.5. The zero-order valence-electron chi connectivity index (χ0n) is 16.6. The highest BCUT2D eigenvalue weighted by atomic mass is 32.2. The van der Waals surface area contributed by atoms with E-state index in [1.54, 1.807) is 16.8 Å². The first-order valence-electron chi connectivity index (χ1n) is 9.52. The molecule has 1 amide bonds. The summed E-state index contributed by atoms with van der Waals surface area (Å²) in [6.45, 7) is 4.16. The molecule has 154 valence electrons. The summed E-state index contributed by atoms with van der Waals surface area (Å²) in [7, 11) is 0. The van der Waals surface area contributed by atoms with Gasteiger partial charge >= 0.3 is 0 Å². The average Bonchev–Trinajstić information content (AvgIpc) is 3.43. The Labute approximate surface area is 177 Å². The Bertz CT molecular complexity index is 1130. The Morgan fingerprint density at radius 1 is 1.33 bits per heavy atom. The molecule has 2 aromatic heterocycles. The van der Waals surface area contributed by atoms with Gasteiger partial charge in [-0.15, -0.1) is 5.10 Å². The van der Waals surface area contributed by atoms with Gasteiger partial charge in [-0.25, -0.2) is 9.07 Å². The SMILES string of the molecule is Cc1c(C#N)c(NC(=O)CSc2nnnn2C2CC2)n(Cc2ccc(F)cc2)c1C. The highest BCUT2D eigenvalue weighted by Gasteiger charge is 2.28. The number of thioether (sulfide) groups is 1. The molecule has 0 radical (unpaired) electrons. The molecular weight excluding hydrogens is 405 g/mol. The third kappa shape index (κ3) is 4.07. The van der Waals surface area contributed by atoms with Gasteiger partial charge in [-0.2, -0.15) is 5.26 Å². The molecule has 0 saturated heterocycles. The van der Waals surface area contributed by atoms with Crippen molar-refractivity contribution < 1.29 is 9.18 Å². The predicted molar refractivity (Wildman–Crippen MR) is 110 cm³/mol. The molecule has 0 unspecified atom stereocenters. The fraction of sp³-hybridized carbons (Fsp3) is 0.350. The van der Waals surface area contributed by atoms with Gasteiger partial charge in [-0.3, -0.25) is 4.79 Å². The number of nitrogens with one attached hydrogen (secondary N) is 1. The molecule has 1 aliphatic rings. The minimum Gasteiger partial charge on any atom is -0.326 e. The summed E-state index contributed by atoms with van der Waals surface area (Å²) < 4.78 is 16.9. The first kappa shape index (κ1) is 20.1. The molecule has 10 heteroatoms. The van der Waals surface area contributed by atoms with E-state index in [-0.39, 0.29) is 17.5 Å². The molecule has 1 aromatic carbocycles. The number of hydrogen-bond acceptors (Lipinski definition) is 6. The summed E-state index contributed by atoms with van der Waals surface area (Å²) in [6.07, 6.45) is 2.09. The van der Waals surface area contributed by atoms with E-state index >= 15 is 0 Å². The monoisotopic (exact) mass is 425 g/mol. The van der Waals surface area contributed by atoms with Crippen LogP contribution in [0.4, 0.5) is 10.2 Å². The Hall–Kier alpha value is -3.19. The van der Waals surface area contributed by atoms with E-state index in [0.29, 0.717) is 29.1 Å². The number of carbonyl (C=O) groups excluding carboxylic acids is 1. The van der Waals surface area contributed by atoms with E-state index in [4.69, 9.17) is 0 Å². The number of hydrogen-bond donors (Lipinski definition) is 1. The highest BCUT2D eigenvalue weighted by molar-refractivity contribution is 7.99. The maximum Gasteiger partial charge on any atom is 0.235 e. The standard InChI is InChI=1S/C20H20FN7OS/c1-12-13(2)27(10-14-3-5-15(21)6-4-14)19(17(12)9-22)23-18(29)11-30-20-24-25-26-28(20)16-7-8-16/h3-6,16H,7-8,10-11H2,1-2H3,(H,23,29). The summed E-state index contributed by atoms with van der Waals surface area (Å²) in [5.41, 5.74) is 2.97. The largest absolute Gasteiger partial charge is 0.326 e. The quantitative estimate of drug-likeness (QED) is 0.583. The molecule has 0 bridgehead atoms. The minimum absolute atomic E-state index is 0.123. The maximum absolute atomic E-state index is 13.2. The Kier molecular flexibility index (Phi) is 5.55. The number of amides is 1. The predicted octanol–water partition coefficient (Wildman–Crippen LogP) is 3.22. The lowest BCUT2D eigenvalue weighted by atomic mass is 10.2. The Morgan fingerprint density at radius 2 is 2.07 bits per heavy atom. The highest BCUT2D eigenvalue weighted by Crippen LogP contribution is 2.36. The van der Waals surface area contributed by atoms with E-state index in [1.807, 2.05) is 18.4 Å². The number of aromatic nitrogens is 5. The smallest absolute Gasteiger partial charge is 0.235 e. The second kappa shape index (κ2) is 8.28. The average molecular weight is 425 g/mol. The molecule has 1 aliphatic carbocycles. The van der Waals surface area contributed by atoms with Crippen LogP contribution in [-0.2, 0) is 11.3 Å². The number of benzene rings is 1. The Morgan fingerprint density at radius 3 is 2.73 bits per heavy atom. The number of halogens is 1. The first-order chi connectivity index (χ1) is 14.5. The van der Waals surface area contributed by atoms with Gasteiger partial charge in [-0.05, 0) is 60.4 Å². The van der Waals surface area contributed by atoms with Crippen molar-refractivity contribution in [2.45, 2.75) is 44.4 Å². The molecule has 0 atom stereocenters. The van der Waals surface area contributed by atoms with E-state index in [2.05, 4.69) is 26.9 Å². The summed E-state index contributed by atoms with van der Waals surface area (Å²) in [5.74, 6) is 0.0116. The number of carbonyl (C=O) groups is 1. The van der Waals surface area contributed by atoms with Gasteiger partial charge in [-0.1, -0.05) is 23.9 Å². The van der Waals surface area contributed by atoms with Crippen molar-refractivity contribution in [1.82, 2.24) is 24.8 Å². The summed E-state index contributed by atoms with van der Waals surface area (Å²) in [5, 5.41) is 24.8. The Balaban J connectivity index is 1.52. The second-order valence-corrected chi connectivity index (χ2v) is 8.17. The van der Waals surface area contributed by atoms with Crippen LogP contribution in [0.3, 0.4) is 0 Å². The lowest BCUT2D eigenvalue weighted by Crippen LogP contribution is -2.19. The third-order valence-electron chi connectivity index (χ3n) is 5.14. The molecule has 1 saturated carbocycles. The van der Waals surface area contributed by atoms with Gasteiger partial charge in [0.05, 0.1) is 17.4 Å². The number of rotatable bonds is 7. The normalized spacial score (nSPS) is 13.3. The third-order valence-corrected chi connectivity index (χ3v) is 6.07. The molecule has 4 rings (SSSR count). The second-order valence-electron chi connectivity index (χ2n) is 7.23. The molecule has 3 aromatic rings. The van der Waals surface area contributed by atoms with E-state index < -0.39 is 0 Å². The van der Waals surface area contributed by atoms with Crippen LogP contribution in [0.2, 0.25) is 0 Å². The molecule has 1 fully saturated rings. The van der Waals surface area contributed by atoms with Gasteiger partial charge in [0, 0.05) is 12.2 Å². The van der Waals surface area contributed by atoms with Crippen molar-refractivity contribution >= 4 is 23.5 Å². The van der Waals surface area contributed by atoms with Crippen LogP contribution in [0.25, 0.3) is 0 Å². The molecule has 2 heterocycles. The zero-order valence-corrected chi connectivity index (χ0v) is 17.4. The van der Waals surface area contributed by atoms with Crippen LogP contribution < -0.4 is 5.32 Å². The van der Waals surface area contributed by atoms with Gasteiger partial charge in [0.1, 0.15) is 17.7 Å². The van der Waals surface area contributed by atoms with Crippen molar-refractivity contribution in [3.05, 3.63) is 52.5 Å². The fourth-order valence-electron chi connectivity index (χ4n) is 3.23. The number of anilines is 1. The van der Waals surface area contributed by atoms with Crippen LogP contribution >= 0.6 is 11.8 Å². The van der Waals surface area contributed by atoms with Gasteiger partial charge in [0.15, 0.2) is 0 Å². The summed E-state index contributed by atoms with van der Waals surface area (Å²) in [6, 6.07) is 8.68. The van der Waals surface area contributed by atoms with Crippen molar-refractivity contribution in [2.75, 3.05) is 11.1 Å². The molecular formula is C20H20FN7OS. The topological polar surface area (TPSA) is 101 Å². The van der Waals surface area contributed by atoms with Crippen LogP contribution in [0.5, 0.6) is 0 Å². The van der Waals surface area contributed by atoms with Crippen molar-refractivity contribution in [3.63, 3.8) is 0 Å². The summed E-state index contributed by atoms with van der Waals surface area (Å²) >= 11 is 1.27. The van der Waals surface area contributed by atoms with Gasteiger partial charge in [0.25, 0.3) is 0 Å².